The minimum Gasteiger partial charge on any atom is -0.481 e. The van der Waals surface area contributed by atoms with E-state index in [1.165, 1.54) is 4.90 Å². The first-order chi connectivity index (χ1) is 8.79. The summed E-state index contributed by atoms with van der Waals surface area (Å²) in [5, 5.41) is 8.67. The molecule has 4 nitrogen and oxygen atoms in total. The molecule has 1 fully saturated rings. The maximum atomic E-state index is 12.3. The van der Waals surface area contributed by atoms with Crippen LogP contribution >= 0.6 is 0 Å². The standard InChI is InChI=1S/C12H10F3NO3/c13-12(14,15)9-3-1-7(2-4-9)10(17)16-5-8(6-16)11(18)19/h1-4,8H,5-6H2,(H,18,19). The van der Waals surface area contributed by atoms with E-state index in [0.717, 1.165) is 24.3 Å². The first kappa shape index (κ1) is 13.4. The normalized spacial score (nSPS) is 16.1. The Kier molecular flexibility index (Phi) is 3.21. The van der Waals surface area contributed by atoms with E-state index in [1.54, 1.807) is 0 Å². The molecule has 0 radical (unpaired) electrons. The van der Waals surface area contributed by atoms with Crippen LogP contribution in [-0.4, -0.2) is 35.0 Å². The maximum absolute atomic E-state index is 12.3. The number of carboxylic acid groups (broad SMARTS) is 1. The average molecular weight is 273 g/mol. The predicted molar refractivity (Wildman–Crippen MR) is 58.5 cm³/mol. The molecule has 1 aromatic carbocycles. The molecule has 19 heavy (non-hydrogen) atoms. The maximum Gasteiger partial charge on any atom is 0.416 e. The van der Waals surface area contributed by atoms with Crippen LogP contribution in [0.4, 0.5) is 13.2 Å². The molecule has 102 valence electrons. The Labute approximate surface area is 106 Å². The zero-order chi connectivity index (χ0) is 14.2. The lowest BCUT2D eigenvalue weighted by atomic mass is 9.99. The summed E-state index contributed by atoms with van der Waals surface area (Å²) in [6.07, 6.45) is -4.44. The lowest BCUT2D eigenvalue weighted by molar-refractivity contribution is -0.146. The summed E-state index contributed by atoms with van der Waals surface area (Å²) in [6.45, 7) is 0.185. The van der Waals surface area contributed by atoms with E-state index in [2.05, 4.69) is 0 Å². The van der Waals surface area contributed by atoms with Crippen molar-refractivity contribution in [3.05, 3.63) is 35.4 Å². The highest BCUT2D eigenvalue weighted by Crippen LogP contribution is 2.29. The first-order valence-corrected chi connectivity index (χ1v) is 5.48. The smallest absolute Gasteiger partial charge is 0.416 e. The molecular weight excluding hydrogens is 263 g/mol. The molecule has 0 saturated carbocycles. The fraction of sp³-hybridized carbons (Fsp3) is 0.333. The highest BCUT2D eigenvalue weighted by atomic mass is 19.4. The van der Waals surface area contributed by atoms with Crippen LogP contribution < -0.4 is 0 Å². The van der Waals surface area contributed by atoms with E-state index in [1.807, 2.05) is 0 Å². The van der Waals surface area contributed by atoms with Crippen LogP contribution in [0.2, 0.25) is 0 Å². The second-order valence-electron chi connectivity index (χ2n) is 4.32. The monoisotopic (exact) mass is 273 g/mol. The van der Waals surface area contributed by atoms with Crippen LogP contribution in [0.3, 0.4) is 0 Å². The second kappa shape index (κ2) is 4.56. The van der Waals surface area contributed by atoms with Gasteiger partial charge in [0.05, 0.1) is 11.5 Å². The van der Waals surface area contributed by atoms with Gasteiger partial charge in [-0.2, -0.15) is 13.2 Å². The lowest BCUT2D eigenvalue weighted by Crippen LogP contribution is -2.53. The quantitative estimate of drug-likeness (QED) is 0.894. The Morgan fingerprint density at radius 3 is 2.11 bits per heavy atom. The molecular formula is C12H10F3NO3. The molecule has 7 heteroatoms. The molecule has 0 aromatic heterocycles. The minimum absolute atomic E-state index is 0.0924. The Bertz CT molecular complexity index is 504. The highest BCUT2D eigenvalue weighted by Gasteiger charge is 2.36. The van der Waals surface area contributed by atoms with E-state index < -0.39 is 29.5 Å². The fourth-order valence-electron chi connectivity index (χ4n) is 1.78. The Hall–Kier alpha value is -2.05. The van der Waals surface area contributed by atoms with Crippen LogP contribution in [0.5, 0.6) is 0 Å². The topological polar surface area (TPSA) is 57.6 Å². The number of amides is 1. The third-order valence-electron chi connectivity index (χ3n) is 2.98. The molecule has 0 atom stereocenters. The van der Waals surface area contributed by atoms with E-state index in [0.29, 0.717) is 0 Å². The molecule has 0 unspecified atom stereocenters. The van der Waals surface area contributed by atoms with Crippen LogP contribution in [-0.2, 0) is 11.0 Å². The summed E-state index contributed by atoms with van der Waals surface area (Å²) in [5.74, 6) is -2.01. The van der Waals surface area contributed by atoms with Crippen molar-refractivity contribution in [3.8, 4) is 0 Å². The van der Waals surface area contributed by atoms with Gasteiger partial charge < -0.3 is 10.0 Å². The van der Waals surface area contributed by atoms with Gasteiger partial charge in [0.25, 0.3) is 5.91 Å². The van der Waals surface area contributed by atoms with Crippen molar-refractivity contribution in [3.63, 3.8) is 0 Å². The number of benzene rings is 1. The fourth-order valence-corrected chi connectivity index (χ4v) is 1.78. The van der Waals surface area contributed by atoms with Gasteiger partial charge in [-0.3, -0.25) is 9.59 Å². The van der Waals surface area contributed by atoms with E-state index in [-0.39, 0.29) is 18.7 Å². The molecule has 1 aromatic rings. The van der Waals surface area contributed by atoms with Gasteiger partial charge >= 0.3 is 12.1 Å². The third-order valence-corrected chi connectivity index (χ3v) is 2.98. The van der Waals surface area contributed by atoms with Gasteiger partial charge in [-0.25, -0.2) is 0 Å². The van der Waals surface area contributed by atoms with Crippen LogP contribution in [0.1, 0.15) is 15.9 Å². The summed E-state index contributed by atoms with van der Waals surface area (Å²) < 4.78 is 37.0. The summed E-state index contributed by atoms with van der Waals surface area (Å²) in [7, 11) is 0. The number of hydrogen-bond acceptors (Lipinski definition) is 2. The van der Waals surface area contributed by atoms with Crippen LogP contribution in [0.15, 0.2) is 24.3 Å². The van der Waals surface area contributed by atoms with E-state index >= 15 is 0 Å². The Balaban J connectivity index is 2.04. The number of alkyl halides is 3. The molecule has 1 amide bonds. The van der Waals surface area contributed by atoms with Gasteiger partial charge in [0.2, 0.25) is 0 Å². The van der Waals surface area contributed by atoms with Crippen molar-refractivity contribution in [2.24, 2.45) is 5.92 Å². The highest BCUT2D eigenvalue weighted by molar-refractivity contribution is 5.95. The molecule has 1 aliphatic heterocycles. The molecule has 2 rings (SSSR count). The summed E-state index contributed by atoms with van der Waals surface area (Å²) >= 11 is 0. The summed E-state index contributed by atoms with van der Waals surface area (Å²) in [4.78, 5) is 23.7. The molecule has 1 heterocycles. The van der Waals surface area contributed by atoms with Gasteiger partial charge in [0, 0.05) is 18.7 Å². The molecule has 0 aliphatic carbocycles. The Morgan fingerprint density at radius 2 is 1.68 bits per heavy atom. The number of nitrogens with zero attached hydrogens (tertiary/aromatic N) is 1. The summed E-state index contributed by atoms with van der Waals surface area (Å²) in [6, 6.07) is 3.86. The molecule has 1 aliphatic rings. The van der Waals surface area contributed by atoms with Crippen molar-refractivity contribution in [2.75, 3.05) is 13.1 Å². The minimum atomic E-state index is -4.44. The van der Waals surface area contributed by atoms with Crippen molar-refractivity contribution >= 4 is 11.9 Å². The first-order valence-electron chi connectivity index (χ1n) is 5.48. The molecule has 1 N–H and O–H groups in total. The zero-order valence-electron chi connectivity index (χ0n) is 9.65. The van der Waals surface area contributed by atoms with Crippen molar-refractivity contribution in [1.29, 1.82) is 0 Å². The lowest BCUT2D eigenvalue weighted by Gasteiger charge is -2.36. The predicted octanol–water partition coefficient (Wildman–Crippen LogP) is 1.86. The number of hydrogen-bond donors (Lipinski definition) is 1. The van der Waals surface area contributed by atoms with Gasteiger partial charge in [-0.15, -0.1) is 0 Å². The number of carbonyl (C=O) groups is 2. The molecule has 0 bridgehead atoms. The summed E-state index contributed by atoms with van der Waals surface area (Å²) in [5.41, 5.74) is -0.701. The SMILES string of the molecule is O=C(O)C1CN(C(=O)c2ccc(C(F)(F)F)cc2)C1. The van der Waals surface area contributed by atoms with E-state index in [4.69, 9.17) is 5.11 Å². The van der Waals surface area contributed by atoms with Crippen molar-refractivity contribution in [2.45, 2.75) is 6.18 Å². The number of carbonyl (C=O) groups excluding carboxylic acids is 1. The largest absolute Gasteiger partial charge is 0.481 e. The molecule has 0 spiro atoms. The van der Waals surface area contributed by atoms with Gasteiger partial charge in [0.15, 0.2) is 0 Å². The number of halogens is 3. The molecule has 1 saturated heterocycles. The second-order valence-corrected chi connectivity index (χ2v) is 4.32. The number of likely N-dealkylation sites (tertiary alicyclic amines) is 1. The van der Waals surface area contributed by atoms with Crippen molar-refractivity contribution in [1.82, 2.24) is 4.90 Å². The average Bonchev–Trinajstić information content (AvgIpc) is 2.25. The zero-order valence-corrected chi connectivity index (χ0v) is 9.65. The van der Waals surface area contributed by atoms with Crippen LogP contribution in [0, 0.1) is 5.92 Å². The Morgan fingerprint density at radius 1 is 1.16 bits per heavy atom. The number of aliphatic carboxylic acids is 1. The van der Waals surface area contributed by atoms with Crippen molar-refractivity contribution < 1.29 is 27.9 Å². The van der Waals surface area contributed by atoms with Gasteiger partial charge in [-0.1, -0.05) is 0 Å². The van der Waals surface area contributed by atoms with Gasteiger partial charge in [-0.05, 0) is 24.3 Å². The van der Waals surface area contributed by atoms with E-state index in [9.17, 15) is 22.8 Å². The van der Waals surface area contributed by atoms with Gasteiger partial charge in [0.1, 0.15) is 0 Å². The number of carboxylic acids is 1. The third kappa shape index (κ3) is 2.69. The van der Waals surface area contributed by atoms with Crippen LogP contribution in [0.25, 0.3) is 0 Å². The number of rotatable bonds is 2.